The number of nitrogens with zero attached hydrogens (tertiary/aromatic N) is 2. The van der Waals surface area contributed by atoms with E-state index < -0.39 is 10.0 Å². The number of sulfonamides is 1. The third-order valence-corrected chi connectivity index (χ3v) is 9.22. The van der Waals surface area contributed by atoms with Crippen LogP contribution in [0.3, 0.4) is 0 Å². The van der Waals surface area contributed by atoms with Crippen molar-refractivity contribution in [3.63, 3.8) is 0 Å². The molecule has 1 aromatic carbocycles. The quantitative estimate of drug-likeness (QED) is 0.711. The zero-order valence-corrected chi connectivity index (χ0v) is 18.2. The molecule has 2 aromatic rings. The topological polar surface area (TPSA) is 49.9 Å². The summed E-state index contributed by atoms with van der Waals surface area (Å²) < 4.78 is 47.3. The fourth-order valence-corrected chi connectivity index (χ4v) is 7.11. The standard InChI is InChI=1S/C21H27FN2O3S2/c1-16-6-7-21(28-16)29(25,26)24-14-8-17(9-15-24)23-12-10-18(11-13-23)27-20-5-3-2-4-19(20)22/h2-7,17-18H,8-15H2,1H3. The molecule has 158 valence electrons. The van der Waals surface area contributed by atoms with Crippen molar-refractivity contribution in [3.8, 4) is 5.75 Å². The van der Waals surface area contributed by atoms with Crippen LogP contribution >= 0.6 is 11.3 Å². The summed E-state index contributed by atoms with van der Waals surface area (Å²) in [7, 11) is -3.36. The molecule has 0 bridgehead atoms. The van der Waals surface area contributed by atoms with Crippen LogP contribution in [-0.2, 0) is 10.0 Å². The van der Waals surface area contributed by atoms with Gasteiger partial charge in [0, 0.05) is 37.1 Å². The second-order valence-electron chi connectivity index (χ2n) is 7.78. The molecule has 0 unspecified atom stereocenters. The Morgan fingerprint density at radius 2 is 1.69 bits per heavy atom. The zero-order valence-electron chi connectivity index (χ0n) is 16.6. The number of ether oxygens (including phenoxy) is 1. The minimum atomic E-state index is -3.36. The molecule has 5 nitrogen and oxygen atoms in total. The molecule has 3 heterocycles. The van der Waals surface area contributed by atoms with Crippen LogP contribution in [0.1, 0.15) is 30.6 Å². The third kappa shape index (κ3) is 4.66. The molecule has 0 spiro atoms. The second-order valence-corrected chi connectivity index (χ2v) is 11.2. The first-order valence-electron chi connectivity index (χ1n) is 10.2. The summed E-state index contributed by atoms with van der Waals surface area (Å²) in [6.07, 6.45) is 3.46. The van der Waals surface area contributed by atoms with Crippen molar-refractivity contribution >= 4 is 21.4 Å². The van der Waals surface area contributed by atoms with Crippen molar-refractivity contribution in [3.05, 3.63) is 47.1 Å². The summed E-state index contributed by atoms with van der Waals surface area (Å²) in [5.74, 6) is 0.0118. The average Bonchev–Trinajstić information content (AvgIpc) is 3.18. The lowest BCUT2D eigenvalue weighted by Crippen LogP contribution is -2.50. The van der Waals surface area contributed by atoms with Crippen LogP contribution in [0.2, 0.25) is 0 Å². The molecule has 2 saturated heterocycles. The highest BCUT2D eigenvalue weighted by atomic mass is 32.2. The Balaban J connectivity index is 1.27. The summed E-state index contributed by atoms with van der Waals surface area (Å²) in [6.45, 7) is 4.86. The van der Waals surface area contributed by atoms with Crippen LogP contribution in [0.5, 0.6) is 5.75 Å². The van der Waals surface area contributed by atoms with Crippen molar-refractivity contribution in [1.82, 2.24) is 9.21 Å². The van der Waals surface area contributed by atoms with Gasteiger partial charge in [-0.25, -0.2) is 12.8 Å². The molecular formula is C21H27FN2O3S2. The highest BCUT2D eigenvalue weighted by Crippen LogP contribution is 2.29. The summed E-state index contributed by atoms with van der Waals surface area (Å²) in [6, 6.07) is 10.5. The van der Waals surface area contributed by atoms with Crippen LogP contribution in [0, 0.1) is 12.7 Å². The van der Waals surface area contributed by atoms with Crippen LogP contribution in [0.15, 0.2) is 40.6 Å². The van der Waals surface area contributed by atoms with Gasteiger partial charge in [0.2, 0.25) is 0 Å². The van der Waals surface area contributed by atoms with Gasteiger partial charge in [-0.2, -0.15) is 4.31 Å². The fraction of sp³-hybridized carbons (Fsp3) is 0.524. The van der Waals surface area contributed by atoms with E-state index in [4.69, 9.17) is 4.74 Å². The number of likely N-dealkylation sites (tertiary alicyclic amines) is 1. The molecule has 2 fully saturated rings. The maximum atomic E-state index is 13.8. The number of halogens is 1. The molecule has 0 N–H and O–H groups in total. The molecule has 0 atom stereocenters. The number of thiophene rings is 1. The molecule has 8 heteroatoms. The number of piperidine rings is 2. The second kappa shape index (κ2) is 8.71. The van der Waals surface area contributed by atoms with Gasteiger partial charge in [-0.15, -0.1) is 11.3 Å². The number of aryl methyl sites for hydroxylation is 1. The van der Waals surface area contributed by atoms with Crippen molar-refractivity contribution in [2.24, 2.45) is 0 Å². The maximum Gasteiger partial charge on any atom is 0.252 e. The van der Waals surface area contributed by atoms with E-state index in [0.29, 0.717) is 29.1 Å². The Morgan fingerprint density at radius 3 is 2.31 bits per heavy atom. The lowest BCUT2D eigenvalue weighted by atomic mass is 10.00. The van der Waals surface area contributed by atoms with Gasteiger partial charge in [-0.3, -0.25) is 0 Å². The Hall–Kier alpha value is -1.48. The van der Waals surface area contributed by atoms with Gasteiger partial charge < -0.3 is 9.64 Å². The van der Waals surface area contributed by atoms with Gasteiger partial charge in [0.25, 0.3) is 10.0 Å². The van der Waals surface area contributed by atoms with Crippen molar-refractivity contribution in [1.29, 1.82) is 0 Å². The Labute approximate surface area is 176 Å². The van der Waals surface area contributed by atoms with Crippen LogP contribution < -0.4 is 4.74 Å². The smallest absolute Gasteiger partial charge is 0.252 e. The van der Waals surface area contributed by atoms with E-state index in [1.165, 1.54) is 17.4 Å². The van der Waals surface area contributed by atoms with E-state index in [1.807, 2.05) is 13.0 Å². The van der Waals surface area contributed by atoms with Crippen LogP contribution in [0.4, 0.5) is 4.39 Å². The summed E-state index contributed by atoms with van der Waals surface area (Å²) in [5, 5.41) is 0. The van der Waals surface area contributed by atoms with Gasteiger partial charge in [-0.05, 0) is 56.9 Å². The van der Waals surface area contributed by atoms with Crippen molar-refractivity contribution in [2.75, 3.05) is 26.2 Å². The molecule has 2 aliphatic rings. The summed E-state index contributed by atoms with van der Waals surface area (Å²) in [5.41, 5.74) is 0. The number of benzene rings is 1. The van der Waals surface area contributed by atoms with Gasteiger partial charge in [0.15, 0.2) is 11.6 Å². The van der Waals surface area contributed by atoms with E-state index in [-0.39, 0.29) is 11.9 Å². The molecule has 2 aliphatic heterocycles. The van der Waals surface area contributed by atoms with Gasteiger partial charge in [0.05, 0.1) is 0 Å². The van der Waals surface area contributed by atoms with Crippen molar-refractivity contribution < 1.29 is 17.5 Å². The lowest BCUT2D eigenvalue weighted by molar-refractivity contribution is 0.0568. The van der Waals surface area contributed by atoms with E-state index in [1.54, 1.807) is 28.6 Å². The van der Waals surface area contributed by atoms with Gasteiger partial charge >= 0.3 is 0 Å². The highest BCUT2D eigenvalue weighted by molar-refractivity contribution is 7.91. The SMILES string of the molecule is Cc1ccc(S(=O)(=O)N2CCC(N3CCC(Oc4ccccc4F)CC3)CC2)s1. The molecule has 0 aliphatic carbocycles. The lowest BCUT2D eigenvalue weighted by Gasteiger charge is -2.41. The molecule has 0 radical (unpaired) electrons. The molecule has 0 saturated carbocycles. The monoisotopic (exact) mass is 438 g/mol. The Kier molecular flexibility index (Phi) is 6.24. The predicted molar refractivity (Wildman–Crippen MR) is 112 cm³/mol. The number of hydrogen-bond acceptors (Lipinski definition) is 5. The van der Waals surface area contributed by atoms with Crippen LogP contribution in [0.25, 0.3) is 0 Å². The Morgan fingerprint density at radius 1 is 1.00 bits per heavy atom. The molecule has 29 heavy (non-hydrogen) atoms. The molecular weight excluding hydrogens is 411 g/mol. The number of hydrogen-bond donors (Lipinski definition) is 0. The summed E-state index contributed by atoms with van der Waals surface area (Å²) in [4.78, 5) is 3.46. The fourth-order valence-electron chi connectivity index (χ4n) is 4.20. The van der Waals surface area contributed by atoms with E-state index in [2.05, 4.69) is 4.90 Å². The highest BCUT2D eigenvalue weighted by Gasteiger charge is 2.34. The summed E-state index contributed by atoms with van der Waals surface area (Å²) >= 11 is 1.34. The largest absolute Gasteiger partial charge is 0.487 e. The number of para-hydroxylation sites is 1. The minimum Gasteiger partial charge on any atom is -0.487 e. The molecule has 0 amide bonds. The van der Waals surface area contributed by atoms with Crippen molar-refractivity contribution in [2.45, 2.75) is 49.0 Å². The van der Waals surface area contributed by atoms with E-state index >= 15 is 0 Å². The minimum absolute atomic E-state index is 0.0330. The maximum absolute atomic E-state index is 13.8. The first kappa shape index (κ1) is 20.8. The third-order valence-electron chi connectivity index (χ3n) is 5.86. The normalized spacial score (nSPS) is 20.8. The van der Waals surface area contributed by atoms with Gasteiger partial charge in [-0.1, -0.05) is 12.1 Å². The molecule has 4 rings (SSSR count). The first-order valence-corrected chi connectivity index (χ1v) is 12.4. The van der Waals surface area contributed by atoms with Crippen LogP contribution in [-0.4, -0.2) is 55.9 Å². The van der Waals surface area contributed by atoms with E-state index in [9.17, 15) is 12.8 Å². The average molecular weight is 439 g/mol. The molecule has 1 aromatic heterocycles. The Bertz CT molecular complexity index is 931. The predicted octanol–water partition coefficient (Wildman–Crippen LogP) is 3.89. The van der Waals surface area contributed by atoms with Gasteiger partial charge in [0.1, 0.15) is 10.3 Å². The van der Waals surface area contributed by atoms with E-state index in [0.717, 1.165) is 43.6 Å². The first-order chi connectivity index (χ1) is 13.9. The number of rotatable bonds is 5. The zero-order chi connectivity index (χ0) is 20.4.